The van der Waals surface area contributed by atoms with Gasteiger partial charge in [0.05, 0.1) is 6.10 Å². The summed E-state index contributed by atoms with van der Waals surface area (Å²) in [4.78, 5) is 2.48. The molecular weight excluding hydrogens is 322 g/mol. The summed E-state index contributed by atoms with van der Waals surface area (Å²) >= 11 is 5.57. The van der Waals surface area contributed by atoms with Crippen molar-refractivity contribution >= 4 is 27.7 Å². The number of rotatable bonds is 4. The van der Waals surface area contributed by atoms with Crippen molar-refractivity contribution in [1.82, 2.24) is 4.90 Å². The van der Waals surface area contributed by atoms with E-state index in [9.17, 15) is 5.11 Å². The van der Waals surface area contributed by atoms with Crippen LogP contribution >= 0.6 is 27.7 Å². The van der Waals surface area contributed by atoms with E-state index >= 15 is 0 Å². The number of aliphatic hydroxyl groups excluding tert-OH is 1. The Labute approximate surface area is 128 Å². The van der Waals surface area contributed by atoms with Crippen LogP contribution in [0.2, 0.25) is 0 Å². The molecule has 1 aromatic rings. The fourth-order valence-corrected chi connectivity index (χ4v) is 4.61. The molecule has 19 heavy (non-hydrogen) atoms. The smallest absolute Gasteiger partial charge is 0.0813 e. The van der Waals surface area contributed by atoms with Crippen LogP contribution in [0.4, 0.5) is 0 Å². The van der Waals surface area contributed by atoms with E-state index in [1.807, 2.05) is 24.3 Å². The fraction of sp³-hybridized carbons (Fsp3) is 0.600. The molecule has 106 valence electrons. The molecule has 1 aliphatic rings. The molecule has 0 radical (unpaired) electrons. The highest BCUT2D eigenvalue weighted by Gasteiger charge is 2.22. The first-order valence-electron chi connectivity index (χ1n) is 6.86. The van der Waals surface area contributed by atoms with Gasteiger partial charge < -0.3 is 10.0 Å². The van der Waals surface area contributed by atoms with Crippen LogP contribution in [0.25, 0.3) is 0 Å². The van der Waals surface area contributed by atoms with Gasteiger partial charge in [-0.25, -0.2) is 0 Å². The summed E-state index contributed by atoms with van der Waals surface area (Å²) in [6.45, 7) is 7.82. The van der Waals surface area contributed by atoms with Crippen molar-refractivity contribution in [1.29, 1.82) is 0 Å². The lowest BCUT2D eigenvalue weighted by atomic mass is 10.1. The molecule has 1 saturated heterocycles. The molecule has 4 heteroatoms. The van der Waals surface area contributed by atoms with Gasteiger partial charge >= 0.3 is 0 Å². The molecule has 1 fully saturated rings. The second-order valence-electron chi connectivity index (χ2n) is 5.34. The van der Waals surface area contributed by atoms with E-state index in [0.29, 0.717) is 10.5 Å². The summed E-state index contributed by atoms with van der Waals surface area (Å²) in [5.74, 6) is 0. The van der Waals surface area contributed by atoms with Crippen molar-refractivity contribution in [2.45, 2.75) is 36.9 Å². The second kappa shape index (κ2) is 7.11. The minimum atomic E-state index is -0.379. The van der Waals surface area contributed by atoms with E-state index in [-0.39, 0.29) is 6.10 Å². The van der Waals surface area contributed by atoms with E-state index in [2.05, 4.69) is 46.4 Å². The first-order valence-corrected chi connectivity index (χ1v) is 8.60. The Morgan fingerprint density at radius 1 is 1.32 bits per heavy atom. The number of halogens is 1. The Morgan fingerprint density at radius 2 is 1.95 bits per heavy atom. The van der Waals surface area contributed by atoms with E-state index in [4.69, 9.17) is 0 Å². The Balaban J connectivity index is 1.87. The Hall–Kier alpha value is -0.0300. The largest absolute Gasteiger partial charge is 0.388 e. The second-order valence-corrected chi connectivity index (χ2v) is 8.08. The molecule has 1 N–H and O–H groups in total. The van der Waals surface area contributed by atoms with Gasteiger partial charge in [0.1, 0.15) is 0 Å². The Kier molecular flexibility index (Phi) is 5.75. The Bertz CT molecular complexity index is 405. The van der Waals surface area contributed by atoms with Crippen molar-refractivity contribution < 1.29 is 5.11 Å². The highest BCUT2D eigenvalue weighted by atomic mass is 79.9. The number of hydrogen-bond acceptors (Lipinski definition) is 3. The van der Waals surface area contributed by atoms with Gasteiger partial charge in [-0.2, -0.15) is 11.8 Å². The lowest BCUT2D eigenvalue weighted by molar-refractivity contribution is 0.140. The summed E-state index contributed by atoms with van der Waals surface area (Å²) in [6, 6.07) is 7.93. The summed E-state index contributed by atoms with van der Waals surface area (Å²) in [5.41, 5.74) is 0.995. The van der Waals surface area contributed by atoms with Crippen LogP contribution in [0.3, 0.4) is 0 Å². The molecule has 0 bridgehead atoms. The SMILES string of the molecule is CC1CN(CCC(O)c2ccccc2Br)CC(C)S1. The number of benzene rings is 1. The van der Waals surface area contributed by atoms with Crippen molar-refractivity contribution in [3.8, 4) is 0 Å². The van der Waals surface area contributed by atoms with Gasteiger partial charge in [0, 0.05) is 34.6 Å². The standard InChI is InChI=1S/C15H22BrNOS/c1-11-9-17(10-12(2)19-11)8-7-15(18)13-5-3-4-6-14(13)16/h3-6,11-12,15,18H,7-10H2,1-2H3. The Morgan fingerprint density at radius 3 is 2.58 bits per heavy atom. The zero-order valence-corrected chi connectivity index (χ0v) is 14.0. The van der Waals surface area contributed by atoms with Crippen LogP contribution in [-0.4, -0.2) is 40.1 Å². The molecule has 0 saturated carbocycles. The van der Waals surface area contributed by atoms with E-state index in [1.54, 1.807) is 0 Å². The first-order chi connectivity index (χ1) is 9.06. The third-order valence-corrected chi connectivity index (χ3v) is 5.43. The molecule has 1 heterocycles. The van der Waals surface area contributed by atoms with Gasteiger partial charge in [-0.15, -0.1) is 0 Å². The molecule has 0 amide bonds. The van der Waals surface area contributed by atoms with Crippen molar-refractivity contribution in [2.75, 3.05) is 19.6 Å². The first kappa shape index (κ1) is 15.4. The molecule has 3 atom stereocenters. The normalized spacial score (nSPS) is 26.3. The molecule has 0 spiro atoms. The number of hydrogen-bond donors (Lipinski definition) is 1. The van der Waals surface area contributed by atoms with Gasteiger partial charge in [0.25, 0.3) is 0 Å². The molecule has 2 rings (SSSR count). The maximum Gasteiger partial charge on any atom is 0.0813 e. The van der Waals surface area contributed by atoms with Crippen LogP contribution in [-0.2, 0) is 0 Å². The fourth-order valence-electron chi connectivity index (χ4n) is 2.67. The number of nitrogens with zero attached hydrogens (tertiary/aromatic N) is 1. The predicted molar refractivity (Wildman–Crippen MR) is 86.7 cm³/mol. The van der Waals surface area contributed by atoms with Crippen molar-refractivity contribution in [2.24, 2.45) is 0 Å². The number of aliphatic hydroxyl groups is 1. The van der Waals surface area contributed by atoms with Gasteiger partial charge in [-0.05, 0) is 18.1 Å². The summed E-state index contributed by atoms with van der Waals surface area (Å²) in [6.07, 6.45) is 0.419. The lowest BCUT2D eigenvalue weighted by Crippen LogP contribution is -2.41. The minimum absolute atomic E-state index is 0.379. The summed E-state index contributed by atoms with van der Waals surface area (Å²) in [5, 5.41) is 11.7. The monoisotopic (exact) mass is 343 g/mol. The summed E-state index contributed by atoms with van der Waals surface area (Å²) < 4.78 is 0.999. The average molecular weight is 344 g/mol. The van der Waals surface area contributed by atoms with Gasteiger partial charge in [-0.3, -0.25) is 0 Å². The zero-order valence-electron chi connectivity index (χ0n) is 11.6. The van der Waals surface area contributed by atoms with Crippen LogP contribution in [0.1, 0.15) is 31.9 Å². The predicted octanol–water partition coefficient (Wildman–Crippen LogP) is 3.70. The van der Waals surface area contributed by atoms with Crippen molar-refractivity contribution in [3.63, 3.8) is 0 Å². The number of thioether (sulfide) groups is 1. The maximum atomic E-state index is 10.3. The third kappa shape index (κ3) is 4.48. The molecule has 0 aromatic heterocycles. The molecule has 3 unspecified atom stereocenters. The van der Waals surface area contributed by atoms with E-state index < -0.39 is 0 Å². The van der Waals surface area contributed by atoms with Crippen LogP contribution < -0.4 is 0 Å². The maximum absolute atomic E-state index is 10.3. The summed E-state index contributed by atoms with van der Waals surface area (Å²) in [7, 11) is 0. The molecule has 1 aliphatic heterocycles. The average Bonchev–Trinajstić information content (AvgIpc) is 2.35. The van der Waals surface area contributed by atoms with Crippen molar-refractivity contribution in [3.05, 3.63) is 34.3 Å². The van der Waals surface area contributed by atoms with E-state index in [0.717, 1.165) is 36.1 Å². The highest BCUT2D eigenvalue weighted by molar-refractivity contribution is 9.10. The topological polar surface area (TPSA) is 23.5 Å². The van der Waals surface area contributed by atoms with Crippen LogP contribution in [0, 0.1) is 0 Å². The van der Waals surface area contributed by atoms with Crippen LogP contribution in [0.15, 0.2) is 28.7 Å². The molecular formula is C15H22BrNOS. The molecule has 1 aromatic carbocycles. The highest BCUT2D eigenvalue weighted by Crippen LogP contribution is 2.28. The molecule has 2 nitrogen and oxygen atoms in total. The third-order valence-electron chi connectivity index (χ3n) is 3.48. The molecule has 0 aliphatic carbocycles. The van der Waals surface area contributed by atoms with Gasteiger partial charge in [-0.1, -0.05) is 48.0 Å². The minimum Gasteiger partial charge on any atom is -0.388 e. The van der Waals surface area contributed by atoms with Gasteiger partial charge in [0.15, 0.2) is 0 Å². The van der Waals surface area contributed by atoms with E-state index in [1.165, 1.54) is 0 Å². The quantitative estimate of drug-likeness (QED) is 0.901. The lowest BCUT2D eigenvalue weighted by Gasteiger charge is -2.35. The van der Waals surface area contributed by atoms with Crippen LogP contribution in [0.5, 0.6) is 0 Å². The zero-order chi connectivity index (χ0) is 13.8. The van der Waals surface area contributed by atoms with Gasteiger partial charge in [0.2, 0.25) is 0 Å².